The van der Waals surface area contributed by atoms with Crippen molar-refractivity contribution in [1.82, 2.24) is 4.57 Å². The lowest BCUT2D eigenvalue weighted by Gasteiger charge is -2.04. The molecule has 2 aromatic rings. The molecule has 0 amide bonds. The van der Waals surface area contributed by atoms with Crippen LogP contribution in [-0.2, 0) is 19.5 Å². The number of aromatic carboxylic acids is 1. The molecule has 1 N–H and O–H groups in total. The summed E-state index contributed by atoms with van der Waals surface area (Å²) in [6, 6.07) is 7.12. The van der Waals surface area contributed by atoms with Gasteiger partial charge in [-0.2, -0.15) is 0 Å². The molecule has 4 nitrogen and oxygen atoms in total. The smallest absolute Gasteiger partial charge is 0.335 e. The van der Waals surface area contributed by atoms with Crippen LogP contribution in [0.5, 0.6) is 0 Å². The van der Waals surface area contributed by atoms with Crippen molar-refractivity contribution in [3.8, 4) is 0 Å². The lowest BCUT2D eigenvalue weighted by molar-refractivity contribution is -0.695. The largest absolute Gasteiger partial charge is 0.478 e. The van der Waals surface area contributed by atoms with Crippen molar-refractivity contribution < 1.29 is 14.5 Å². The highest BCUT2D eigenvalue weighted by atomic mass is 16.4. The predicted octanol–water partition coefficient (Wildman–Crippen LogP) is 2.80. The number of carboxylic acid groups (broad SMARTS) is 1. The van der Waals surface area contributed by atoms with Crippen LogP contribution in [0.2, 0.25) is 0 Å². The molecule has 21 heavy (non-hydrogen) atoms. The minimum Gasteiger partial charge on any atom is -0.478 e. The Morgan fingerprint density at radius 2 is 1.90 bits per heavy atom. The van der Waals surface area contributed by atoms with E-state index < -0.39 is 5.97 Å². The van der Waals surface area contributed by atoms with Gasteiger partial charge in [-0.25, -0.2) is 13.9 Å². The van der Waals surface area contributed by atoms with E-state index in [0.29, 0.717) is 5.56 Å². The van der Waals surface area contributed by atoms with Crippen LogP contribution in [0.4, 0.5) is 0 Å². The van der Waals surface area contributed by atoms with Gasteiger partial charge >= 0.3 is 5.97 Å². The molecular weight excluding hydrogens is 264 g/mol. The van der Waals surface area contributed by atoms with E-state index in [1.54, 1.807) is 12.1 Å². The second-order valence-electron chi connectivity index (χ2n) is 5.32. The van der Waals surface area contributed by atoms with Crippen LogP contribution >= 0.6 is 0 Å². The van der Waals surface area contributed by atoms with Crippen molar-refractivity contribution >= 4 is 5.97 Å². The normalized spacial score (nSPS) is 10.8. The Labute approximate surface area is 125 Å². The Morgan fingerprint density at radius 3 is 2.43 bits per heavy atom. The maximum Gasteiger partial charge on any atom is 0.335 e. The average molecular weight is 287 g/mol. The van der Waals surface area contributed by atoms with Crippen molar-refractivity contribution in [2.45, 2.75) is 46.7 Å². The van der Waals surface area contributed by atoms with Crippen molar-refractivity contribution in [2.75, 3.05) is 0 Å². The number of benzene rings is 1. The Morgan fingerprint density at radius 1 is 1.24 bits per heavy atom. The maximum absolute atomic E-state index is 10.9. The van der Waals surface area contributed by atoms with E-state index in [4.69, 9.17) is 5.11 Å². The van der Waals surface area contributed by atoms with Gasteiger partial charge in [0.1, 0.15) is 18.4 Å². The number of carbonyl (C=O) groups is 1. The highest BCUT2D eigenvalue weighted by Gasteiger charge is 2.18. The van der Waals surface area contributed by atoms with Gasteiger partial charge in [-0.15, -0.1) is 0 Å². The predicted molar refractivity (Wildman–Crippen MR) is 81.5 cm³/mol. The lowest BCUT2D eigenvalue weighted by atomic mass is 10.1. The lowest BCUT2D eigenvalue weighted by Crippen LogP contribution is -2.37. The number of nitrogens with zero attached hydrogens (tertiary/aromatic N) is 2. The molecule has 0 aliphatic heterocycles. The molecule has 0 saturated heterocycles. The summed E-state index contributed by atoms with van der Waals surface area (Å²) in [6.45, 7) is 8.32. The van der Waals surface area contributed by atoms with E-state index in [0.717, 1.165) is 31.5 Å². The van der Waals surface area contributed by atoms with Crippen LogP contribution in [0.1, 0.15) is 47.7 Å². The van der Waals surface area contributed by atoms with Crippen molar-refractivity contribution in [1.29, 1.82) is 0 Å². The molecule has 0 unspecified atom stereocenters. The molecule has 2 rings (SSSR count). The van der Waals surface area contributed by atoms with Crippen LogP contribution in [-0.4, -0.2) is 15.6 Å². The molecule has 0 saturated carbocycles. The van der Waals surface area contributed by atoms with Gasteiger partial charge in [0.2, 0.25) is 0 Å². The molecule has 0 atom stereocenters. The summed E-state index contributed by atoms with van der Waals surface area (Å²) in [5, 5.41) is 8.94. The minimum absolute atomic E-state index is 0.333. The van der Waals surface area contributed by atoms with Crippen LogP contribution < -0.4 is 4.57 Å². The van der Waals surface area contributed by atoms with Gasteiger partial charge in [-0.1, -0.05) is 26.0 Å². The number of hydrogen-bond acceptors (Lipinski definition) is 1. The number of carboxylic acids is 1. The maximum atomic E-state index is 10.9. The van der Waals surface area contributed by atoms with Crippen LogP contribution in [0.3, 0.4) is 0 Å². The van der Waals surface area contributed by atoms with Crippen molar-refractivity contribution in [3.63, 3.8) is 0 Å². The SMILES string of the molecule is CCCn1c(C)c[n+](Cc2ccc(C(=O)O)cc2)c1CC. The quantitative estimate of drug-likeness (QED) is 0.830. The standard InChI is InChI=1S/C17H22N2O2/c1-4-10-19-13(3)11-18(16(19)5-2)12-14-6-8-15(9-7-14)17(20)21/h6-9,11H,4-5,10,12H2,1-3H3/p+1. The fourth-order valence-electron chi connectivity index (χ4n) is 2.74. The first-order valence-corrected chi connectivity index (χ1v) is 7.47. The molecular formula is C17H23N2O2+. The monoisotopic (exact) mass is 287 g/mol. The molecule has 0 aliphatic carbocycles. The summed E-state index contributed by atoms with van der Waals surface area (Å²) in [6.07, 6.45) is 4.29. The molecule has 1 aromatic heterocycles. The Hall–Kier alpha value is -2.10. The Balaban J connectivity index is 2.26. The second kappa shape index (κ2) is 6.57. The third-order valence-electron chi connectivity index (χ3n) is 3.73. The number of rotatable bonds is 6. The number of aromatic nitrogens is 2. The number of aryl methyl sites for hydroxylation is 1. The fraction of sp³-hybridized carbons (Fsp3) is 0.412. The molecule has 0 radical (unpaired) electrons. The number of hydrogen-bond donors (Lipinski definition) is 1. The number of imidazole rings is 1. The topological polar surface area (TPSA) is 46.1 Å². The summed E-state index contributed by atoms with van der Waals surface area (Å²) in [7, 11) is 0. The van der Waals surface area contributed by atoms with Crippen LogP contribution in [0, 0.1) is 6.92 Å². The fourth-order valence-corrected chi connectivity index (χ4v) is 2.74. The summed E-state index contributed by atoms with van der Waals surface area (Å²) in [5.74, 6) is 0.435. The van der Waals surface area contributed by atoms with Crippen molar-refractivity contribution in [2.24, 2.45) is 0 Å². The first-order chi connectivity index (χ1) is 10.1. The van der Waals surface area contributed by atoms with Gasteiger partial charge in [0.25, 0.3) is 5.82 Å². The second-order valence-corrected chi connectivity index (χ2v) is 5.32. The van der Waals surface area contributed by atoms with E-state index in [9.17, 15) is 4.79 Å². The molecule has 0 fully saturated rings. The zero-order valence-corrected chi connectivity index (χ0v) is 13.0. The molecule has 0 aliphatic rings. The van der Waals surface area contributed by atoms with Gasteiger partial charge in [0.15, 0.2) is 0 Å². The first kappa shape index (κ1) is 15.3. The van der Waals surface area contributed by atoms with Gasteiger partial charge in [0.05, 0.1) is 12.1 Å². The van der Waals surface area contributed by atoms with E-state index in [1.807, 2.05) is 12.1 Å². The van der Waals surface area contributed by atoms with Gasteiger partial charge in [0, 0.05) is 13.3 Å². The van der Waals surface area contributed by atoms with Gasteiger partial charge in [-0.05, 0) is 24.1 Å². The first-order valence-electron chi connectivity index (χ1n) is 7.47. The van der Waals surface area contributed by atoms with Crippen LogP contribution in [0.25, 0.3) is 0 Å². The highest BCUT2D eigenvalue weighted by molar-refractivity contribution is 5.87. The molecule has 0 bridgehead atoms. The summed E-state index contributed by atoms with van der Waals surface area (Å²) in [5.41, 5.74) is 2.73. The summed E-state index contributed by atoms with van der Waals surface area (Å²) in [4.78, 5) is 10.9. The van der Waals surface area contributed by atoms with Crippen LogP contribution in [0.15, 0.2) is 30.5 Å². The molecule has 112 valence electrons. The van der Waals surface area contributed by atoms with E-state index in [2.05, 4.69) is 36.1 Å². The highest BCUT2D eigenvalue weighted by Crippen LogP contribution is 2.08. The Kier molecular flexibility index (Phi) is 4.78. The molecule has 1 heterocycles. The van der Waals surface area contributed by atoms with E-state index in [-0.39, 0.29) is 0 Å². The zero-order valence-electron chi connectivity index (χ0n) is 13.0. The average Bonchev–Trinajstić information content (AvgIpc) is 2.75. The third kappa shape index (κ3) is 3.32. The zero-order chi connectivity index (χ0) is 15.4. The van der Waals surface area contributed by atoms with E-state index in [1.165, 1.54) is 11.5 Å². The minimum atomic E-state index is -0.881. The molecule has 1 aromatic carbocycles. The molecule has 0 spiro atoms. The Bertz CT molecular complexity index is 627. The van der Waals surface area contributed by atoms with Gasteiger partial charge in [-0.3, -0.25) is 0 Å². The molecule has 4 heteroatoms. The third-order valence-corrected chi connectivity index (χ3v) is 3.73. The van der Waals surface area contributed by atoms with Crippen molar-refractivity contribution in [3.05, 3.63) is 53.1 Å². The van der Waals surface area contributed by atoms with Gasteiger partial charge < -0.3 is 5.11 Å². The summed E-state index contributed by atoms with van der Waals surface area (Å²) < 4.78 is 4.63. The van der Waals surface area contributed by atoms with E-state index >= 15 is 0 Å². The summed E-state index contributed by atoms with van der Waals surface area (Å²) >= 11 is 0.